The number of hydrogen-bond acceptors (Lipinski definition) is 4. The predicted octanol–water partition coefficient (Wildman–Crippen LogP) is 1.89. The summed E-state index contributed by atoms with van der Waals surface area (Å²) in [6.07, 6.45) is 0. The van der Waals surface area contributed by atoms with E-state index >= 15 is 0 Å². The number of pyridine rings is 1. The first kappa shape index (κ1) is 13.8. The monoisotopic (exact) mass is 259 g/mol. The molecule has 1 aromatic heterocycles. The van der Waals surface area contributed by atoms with Gasteiger partial charge in [0.15, 0.2) is 0 Å². The highest BCUT2D eigenvalue weighted by molar-refractivity contribution is 5.85. The smallest absolute Gasteiger partial charge is 0.130 e. The van der Waals surface area contributed by atoms with E-state index < -0.39 is 0 Å². The van der Waals surface area contributed by atoms with Crippen molar-refractivity contribution < 1.29 is 4.74 Å². The Morgan fingerprint density at radius 3 is 2.79 bits per heavy atom. The maximum absolute atomic E-state index is 5.91. The molecule has 0 amide bonds. The van der Waals surface area contributed by atoms with Crippen LogP contribution >= 0.6 is 0 Å². The van der Waals surface area contributed by atoms with E-state index in [1.165, 1.54) is 0 Å². The number of benzene rings is 1. The molecule has 0 aliphatic carbocycles. The number of para-hydroxylation sites is 1. The summed E-state index contributed by atoms with van der Waals surface area (Å²) in [6, 6.07) is 10.1. The van der Waals surface area contributed by atoms with Gasteiger partial charge in [-0.2, -0.15) is 0 Å². The number of hydrogen-bond donors (Lipinski definition) is 1. The Bertz CT molecular complexity index is 540. The van der Waals surface area contributed by atoms with Crippen LogP contribution in [0.5, 0.6) is 5.75 Å². The van der Waals surface area contributed by atoms with Crippen molar-refractivity contribution in [3.05, 3.63) is 36.0 Å². The second kappa shape index (κ2) is 6.50. The van der Waals surface area contributed by atoms with Gasteiger partial charge in [-0.05, 0) is 33.3 Å². The van der Waals surface area contributed by atoms with Crippen LogP contribution in [0, 0.1) is 0 Å². The van der Waals surface area contributed by atoms with Crippen molar-refractivity contribution in [2.75, 3.05) is 34.3 Å². The number of nitrogens with zero attached hydrogens (tertiary/aromatic N) is 2. The van der Waals surface area contributed by atoms with Gasteiger partial charge in [0.2, 0.25) is 0 Å². The number of ether oxygens (including phenoxy) is 1. The molecule has 0 bridgehead atoms. The van der Waals surface area contributed by atoms with Gasteiger partial charge in [0.25, 0.3) is 0 Å². The fraction of sp³-hybridized carbons (Fsp3) is 0.400. The summed E-state index contributed by atoms with van der Waals surface area (Å²) in [5.74, 6) is 0.915. The molecule has 0 fully saturated rings. The van der Waals surface area contributed by atoms with Crippen molar-refractivity contribution in [1.29, 1.82) is 0 Å². The molecule has 0 unspecified atom stereocenters. The molecule has 1 aromatic carbocycles. The molecular weight excluding hydrogens is 238 g/mol. The van der Waals surface area contributed by atoms with Crippen molar-refractivity contribution >= 4 is 10.9 Å². The van der Waals surface area contributed by atoms with Gasteiger partial charge in [-0.15, -0.1) is 0 Å². The molecule has 0 atom stereocenters. The minimum Gasteiger partial charge on any atom is -0.491 e. The Hall–Kier alpha value is -1.65. The summed E-state index contributed by atoms with van der Waals surface area (Å²) < 4.78 is 5.91. The van der Waals surface area contributed by atoms with E-state index in [2.05, 4.69) is 21.3 Å². The maximum atomic E-state index is 5.91. The Morgan fingerprint density at radius 2 is 2.05 bits per heavy atom. The zero-order valence-corrected chi connectivity index (χ0v) is 11.8. The van der Waals surface area contributed by atoms with Gasteiger partial charge in [-0.25, -0.2) is 0 Å². The molecule has 2 aromatic rings. The minimum atomic E-state index is 0.681. The summed E-state index contributed by atoms with van der Waals surface area (Å²) in [4.78, 5) is 6.72. The predicted molar refractivity (Wildman–Crippen MR) is 78.6 cm³/mol. The summed E-state index contributed by atoms with van der Waals surface area (Å²) >= 11 is 0. The molecule has 0 spiro atoms. The average Bonchev–Trinajstić information content (AvgIpc) is 2.38. The summed E-state index contributed by atoms with van der Waals surface area (Å²) in [5.41, 5.74) is 1.98. The first-order valence-corrected chi connectivity index (χ1v) is 6.51. The van der Waals surface area contributed by atoms with Crippen LogP contribution in [0.4, 0.5) is 0 Å². The Balaban J connectivity index is 2.28. The normalized spacial score (nSPS) is 11.2. The molecule has 0 aliphatic heterocycles. The lowest BCUT2D eigenvalue weighted by Gasteiger charge is -2.13. The quantitative estimate of drug-likeness (QED) is 0.859. The summed E-state index contributed by atoms with van der Waals surface area (Å²) in [5, 5.41) is 4.19. The number of aromatic nitrogens is 1. The third-order valence-electron chi connectivity index (χ3n) is 2.89. The molecule has 4 heteroatoms. The maximum Gasteiger partial charge on any atom is 0.130 e. The first-order chi connectivity index (χ1) is 9.20. The van der Waals surface area contributed by atoms with Gasteiger partial charge in [0.1, 0.15) is 12.4 Å². The van der Waals surface area contributed by atoms with Crippen LogP contribution in [0.15, 0.2) is 30.3 Å². The zero-order chi connectivity index (χ0) is 13.7. The standard InChI is InChI=1S/C15H21N3O/c1-16-11-12-10-15(19-9-8-18(2)3)13-6-4-5-7-14(13)17-12/h4-7,10,16H,8-9,11H2,1-3H3. The molecule has 1 N–H and O–H groups in total. The zero-order valence-electron chi connectivity index (χ0n) is 11.8. The van der Waals surface area contributed by atoms with E-state index in [1.54, 1.807) is 0 Å². The van der Waals surface area contributed by atoms with Crippen molar-refractivity contribution in [3.63, 3.8) is 0 Å². The third-order valence-corrected chi connectivity index (χ3v) is 2.89. The number of rotatable bonds is 6. The van der Waals surface area contributed by atoms with Crippen molar-refractivity contribution in [1.82, 2.24) is 15.2 Å². The van der Waals surface area contributed by atoms with E-state index in [0.717, 1.165) is 35.4 Å². The molecule has 19 heavy (non-hydrogen) atoms. The molecule has 1 heterocycles. The highest BCUT2D eigenvalue weighted by atomic mass is 16.5. The summed E-state index contributed by atoms with van der Waals surface area (Å²) in [7, 11) is 6.00. The topological polar surface area (TPSA) is 37.4 Å². The van der Waals surface area contributed by atoms with Gasteiger partial charge >= 0.3 is 0 Å². The average molecular weight is 259 g/mol. The van der Waals surface area contributed by atoms with Gasteiger partial charge in [-0.1, -0.05) is 12.1 Å². The highest BCUT2D eigenvalue weighted by Gasteiger charge is 2.06. The Kier molecular flexibility index (Phi) is 4.71. The fourth-order valence-corrected chi connectivity index (χ4v) is 1.92. The molecule has 2 rings (SSSR count). The Morgan fingerprint density at radius 1 is 1.26 bits per heavy atom. The minimum absolute atomic E-state index is 0.681. The van der Waals surface area contributed by atoms with Crippen LogP contribution in [0.25, 0.3) is 10.9 Å². The third kappa shape index (κ3) is 3.66. The molecule has 0 aliphatic rings. The van der Waals surface area contributed by atoms with E-state index in [1.807, 2.05) is 45.4 Å². The molecule has 0 radical (unpaired) electrons. The van der Waals surface area contributed by atoms with Crippen molar-refractivity contribution in [2.24, 2.45) is 0 Å². The van der Waals surface area contributed by atoms with E-state index in [9.17, 15) is 0 Å². The second-order valence-corrected chi connectivity index (χ2v) is 4.81. The molecule has 0 saturated heterocycles. The van der Waals surface area contributed by atoms with Crippen molar-refractivity contribution in [2.45, 2.75) is 6.54 Å². The lowest BCUT2D eigenvalue weighted by Crippen LogP contribution is -2.19. The first-order valence-electron chi connectivity index (χ1n) is 6.51. The van der Waals surface area contributed by atoms with Crippen LogP contribution in [0.3, 0.4) is 0 Å². The van der Waals surface area contributed by atoms with Gasteiger partial charge in [0.05, 0.1) is 11.2 Å². The number of fused-ring (bicyclic) bond motifs is 1. The number of nitrogens with one attached hydrogen (secondary N) is 1. The van der Waals surface area contributed by atoms with E-state index in [0.29, 0.717) is 6.61 Å². The second-order valence-electron chi connectivity index (χ2n) is 4.81. The van der Waals surface area contributed by atoms with Crippen LogP contribution in [0.2, 0.25) is 0 Å². The summed E-state index contributed by atoms with van der Waals surface area (Å²) in [6.45, 7) is 2.33. The van der Waals surface area contributed by atoms with E-state index in [4.69, 9.17) is 4.74 Å². The largest absolute Gasteiger partial charge is 0.491 e. The van der Waals surface area contributed by atoms with Gasteiger partial charge < -0.3 is 15.0 Å². The van der Waals surface area contributed by atoms with Crippen LogP contribution in [-0.4, -0.2) is 44.2 Å². The van der Waals surface area contributed by atoms with Gasteiger partial charge in [0, 0.05) is 24.5 Å². The fourth-order valence-electron chi connectivity index (χ4n) is 1.92. The van der Waals surface area contributed by atoms with Crippen LogP contribution in [0.1, 0.15) is 5.69 Å². The van der Waals surface area contributed by atoms with Crippen LogP contribution < -0.4 is 10.1 Å². The lowest BCUT2D eigenvalue weighted by molar-refractivity contribution is 0.263. The Labute approximate surface area is 114 Å². The molecular formula is C15H21N3O. The molecule has 102 valence electrons. The highest BCUT2D eigenvalue weighted by Crippen LogP contribution is 2.25. The molecule has 4 nitrogen and oxygen atoms in total. The SMILES string of the molecule is CNCc1cc(OCCN(C)C)c2ccccc2n1. The lowest BCUT2D eigenvalue weighted by atomic mass is 10.2. The molecule has 0 saturated carbocycles. The van der Waals surface area contributed by atoms with Gasteiger partial charge in [-0.3, -0.25) is 4.98 Å². The van der Waals surface area contributed by atoms with Crippen molar-refractivity contribution in [3.8, 4) is 5.75 Å². The number of likely N-dealkylation sites (N-methyl/N-ethyl adjacent to an activating group) is 1. The van der Waals surface area contributed by atoms with Crippen LogP contribution in [-0.2, 0) is 6.54 Å². The van der Waals surface area contributed by atoms with E-state index in [-0.39, 0.29) is 0 Å².